The highest BCUT2D eigenvalue weighted by Gasteiger charge is 2.34. The van der Waals surface area contributed by atoms with Crippen LogP contribution >= 0.6 is 11.6 Å². The summed E-state index contributed by atoms with van der Waals surface area (Å²) < 4.78 is 51.6. The van der Waals surface area contributed by atoms with Crippen molar-refractivity contribution in [3.8, 4) is 0 Å². The van der Waals surface area contributed by atoms with E-state index in [9.17, 15) is 17.6 Å². The van der Waals surface area contributed by atoms with Gasteiger partial charge < -0.3 is 4.90 Å². The van der Waals surface area contributed by atoms with Crippen LogP contribution in [0, 0.1) is 5.82 Å². The van der Waals surface area contributed by atoms with Gasteiger partial charge in [-0.3, -0.25) is 0 Å². The zero-order valence-corrected chi connectivity index (χ0v) is 10.9. The topological polar surface area (TPSA) is 29.0 Å². The lowest BCUT2D eigenvalue weighted by Gasteiger charge is -2.19. The van der Waals surface area contributed by atoms with E-state index in [0.717, 1.165) is 4.90 Å². The van der Waals surface area contributed by atoms with Crippen molar-refractivity contribution in [3.05, 3.63) is 47.1 Å². The summed E-state index contributed by atoms with van der Waals surface area (Å²) in [4.78, 5) is 7.96. The third-order valence-electron chi connectivity index (χ3n) is 2.53. The van der Waals surface area contributed by atoms with Crippen molar-refractivity contribution in [2.24, 2.45) is 0 Å². The van der Waals surface area contributed by atoms with Crippen LogP contribution in [0.4, 0.5) is 29.1 Å². The average Bonchev–Trinajstić information content (AvgIpc) is 2.37. The van der Waals surface area contributed by atoms with Crippen LogP contribution in [0.15, 0.2) is 30.3 Å². The van der Waals surface area contributed by atoms with E-state index in [0.29, 0.717) is 6.07 Å². The first-order valence-electron chi connectivity index (χ1n) is 5.39. The van der Waals surface area contributed by atoms with E-state index in [1.165, 1.54) is 25.2 Å². The van der Waals surface area contributed by atoms with Crippen molar-refractivity contribution in [2.75, 3.05) is 11.9 Å². The summed E-state index contributed by atoms with van der Waals surface area (Å²) >= 11 is 5.48. The summed E-state index contributed by atoms with van der Waals surface area (Å²) in [5, 5.41) is -0.557. The zero-order valence-electron chi connectivity index (χ0n) is 10.1. The first-order valence-corrected chi connectivity index (χ1v) is 5.77. The van der Waals surface area contributed by atoms with Gasteiger partial charge in [0.2, 0.25) is 5.28 Å². The molecule has 2 aromatic rings. The Morgan fingerprint density at radius 1 is 1.15 bits per heavy atom. The van der Waals surface area contributed by atoms with Gasteiger partial charge in [-0.15, -0.1) is 0 Å². The fourth-order valence-corrected chi connectivity index (χ4v) is 1.75. The summed E-state index contributed by atoms with van der Waals surface area (Å²) in [6.07, 6.45) is -4.66. The minimum atomic E-state index is -4.66. The molecular weight excluding hydrogens is 298 g/mol. The molecule has 106 valence electrons. The second-order valence-electron chi connectivity index (χ2n) is 3.89. The van der Waals surface area contributed by atoms with E-state index in [4.69, 9.17) is 11.6 Å². The van der Waals surface area contributed by atoms with Gasteiger partial charge >= 0.3 is 6.18 Å². The van der Waals surface area contributed by atoms with Gasteiger partial charge in [-0.1, -0.05) is 12.1 Å². The molecule has 20 heavy (non-hydrogen) atoms. The maximum absolute atomic E-state index is 13.6. The molecule has 0 fully saturated rings. The number of hydrogen-bond donors (Lipinski definition) is 0. The Labute approximate surface area is 116 Å². The summed E-state index contributed by atoms with van der Waals surface area (Å²) in [7, 11) is 1.39. The fourth-order valence-electron chi connectivity index (χ4n) is 1.57. The van der Waals surface area contributed by atoms with Crippen LogP contribution in [-0.2, 0) is 6.18 Å². The smallest absolute Gasteiger partial charge is 0.327 e. The number of anilines is 2. The van der Waals surface area contributed by atoms with E-state index in [1.807, 2.05) is 0 Å². The van der Waals surface area contributed by atoms with Crippen molar-refractivity contribution < 1.29 is 17.6 Å². The number of halogens is 5. The van der Waals surface area contributed by atoms with E-state index in [2.05, 4.69) is 9.97 Å². The van der Waals surface area contributed by atoms with Gasteiger partial charge in [-0.2, -0.15) is 13.2 Å². The molecule has 1 aromatic heterocycles. The Kier molecular flexibility index (Phi) is 3.80. The molecule has 0 aliphatic rings. The lowest BCUT2D eigenvalue weighted by molar-refractivity contribution is -0.141. The van der Waals surface area contributed by atoms with Crippen LogP contribution < -0.4 is 4.90 Å². The highest BCUT2D eigenvalue weighted by molar-refractivity contribution is 6.28. The van der Waals surface area contributed by atoms with Gasteiger partial charge in [-0.05, 0) is 23.7 Å². The summed E-state index contributed by atoms with van der Waals surface area (Å²) in [5.41, 5.74) is -1.11. The molecule has 0 amide bonds. The van der Waals surface area contributed by atoms with Crippen LogP contribution in [0.25, 0.3) is 0 Å². The summed E-state index contributed by atoms with van der Waals surface area (Å²) in [6.45, 7) is 0. The van der Waals surface area contributed by atoms with Crippen LogP contribution in [0.1, 0.15) is 5.69 Å². The first-order chi connectivity index (χ1) is 9.29. The molecule has 0 N–H and O–H groups in total. The van der Waals surface area contributed by atoms with Crippen LogP contribution in [0.2, 0.25) is 5.28 Å². The minimum absolute atomic E-state index is 0.0791. The van der Waals surface area contributed by atoms with E-state index in [1.54, 1.807) is 6.07 Å². The molecule has 0 saturated carbocycles. The Morgan fingerprint density at radius 2 is 1.80 bits per heavy atom. The van der Waals surface area contributed by atoms with Gasteiger partial charge in [0.25, 0.3) is 0 Å². The number of rotatable bonds is 2. The van der Waals surface area contributed by atoms with Gasteiger partial charge in [0.15, 0.2) is 5.69 Å². The maximum Gasteiger partial charge on any atom is 0.433 e. The Hall–Kier alpha value is -1.89. The monoisotopic (exact) mass is 305 g/mol. The molecule has 0 radical (unpaired) electrons. The molecule has 1 heterocycles. The van der Waals surface area contributed by atoms with E-state index >= 15 is 0 Å². The standard InChI is InChI=1S/C12H8ClF4N3/c1-20(8-5-3-2-4-7(8)14)10-6-9(12(15,16)17)18-11(13)19-10/h2-6H,1H3. The number of para-hydroxylation sites is 1. The molecule has 0 aliphatic carbocycles. The second kappa shape index (κ2) is 5.24. The molecule has 3 nitrogen and oxygen atoms in total. The number of aromatic nitrogens is 2. The maximum atomic E-state index is 13.6. The lowest BCUT2D eigenvalue weighted by Crippen LogP contribution is -2.16. The number of hydrogen-bond acceptors (Lipinski definition) is 3. The molecule has 0 bridgehead atoms. The summed E-state index contributed by atoms with van der Waals surface area (Å²) in [6, 6.07) is 6.35. The quantitative estimate of drug-likeness (QED) is 0.619. The molecular formula is C12H8ClF4N3. The molecule has 1 aromatic carbocycles. The Bertz CT molecular complexity index is 630. The van der Waals surface area contributed by atoms with Crippen molar-refractivity contribution in [2.45, 2.75) is 6.18 Å². The SMILES string of the molecule is CN(c1cc(C(F)(F)F)nc(Cl)n1)c1ccccc1F. The van der Waals surface area contributed by atoms with Crippen LogP contribution in [-0.4, -0.2) is 17.0 Å². The predicted molar refractivity (Wildman–Crippen MR) is 66.5 cm³/mol. The van der Waals surface area contributed by atoms with E-state index < -0.39 is 23.0 Å². The second-order valence-corrected chi connectivity index (χ2v) is 4.23. The number of nitrogens with zero attached hydrogens (tertiary/aromatic N) is 3. The van der Waals surface area contributed by atoms with Gasteiger partial charge in [-0.25, -0.2) is 14.4 Å². The lowest BCUT2D eigenvalue weighted by atomic mass is 10.2. The Morgan fingerprint density at radius 3 is 2.40 bits per heavy atom. The number of alkyl halides is 3. The van der Waals surface area contributed by atoms with Crippen LogP contribution in [0.5, 0.6) is 0 Å². The molecule has 0 unspecified atom stereocenters. The van der Waals surface area contributed by atoms with Gasteiger partial charge in [0.05, 0.1) is 5.69 Å². The van der Waals surface area contributed by atoms with Crippen molar-refractivity contribution in [1.29, 1.82) is 0 Å². The fraction of sp³-hybridized carbons (Fsp3) is 0.167. The van der Waals surface area contributed by atoms with Gasteiger partial charge in [0.1, 0.15) is 11.6 Å². The van der Waals surface area contributed by atoms with Crippen LogP contribution in [0.3, 0.4) is 0 Å². The predicted octanol–water partition coefficient (Wildman–Crippen LogP) is 4.06. The molecule has 8 heteroatoms. The normalized spacial score (nSPS) is 11.5. The highest BCUT2D eigenvalue weighted by atomic mass is 35.5. The van der Waals surface area contributed by atoms with Crippen molar-refractivity contribution >= 4 is 23.1 Å². The first kappa shape index (κ1) is 14.5. The Balaban J connectivity index is 2.48. The molecule has 0 atom stereocenters. The van der Waals surface area contributed by atoms with Gasteiger partial charge in [0, 0.05) is 13.1 Å². The largest absolute Gasteiger partial charge is 0.433 e. The zero-order chi connectivity index (χ0) is 14.9. The molecule has 0 spiro atoms. The highest BCUT2D eigenvalue weighted by Crippen LogP contribution is 2.32. The molecule has 0 aliphatic heterocycles. The van der Waals surface area contributed by atoms with Crippen molar-refractivity contribution in [3.63, 3.8) is 0 Å². The third-order valence-corrected chi connectivity index (χ3v) is 2.70. The average molecular weight is 306 g/mol. The third kappa shape index (κ3) is 2.98. The van der Waals surface area contributed by atoms with Crippen molar-refractivity contribution in [1.82, 2.24) is 9.97 Å². The molecule has 2 rings (SSSR count). The van der Waals surface area contributed by atoms with E-state index in [-0.39, 0.29) is 11.5 Å². The molecule has 0 saturated heterocycles. The number of benzene rings is 1. The minimum Gasteiger partial charge on any atom is -0.327 e. The summed E-state index contributed by atoms with van der Waals surface area (Å²) in [5.74, 6) is -0.735.